The van der Waals surface area contributed by atoms with Crippen LogP contribution in [0.25, 0.3) is 6.08 Å². The first-order valence-electron chi connectivity index (χ1n) is 5.98. The summed E-state index contributed by atoms with van der Waals surface area (Å²) in [4.78, 5) is 12.1. The third kappa shape index (κ3) is 7.11. The molecule has 4 N–H and O–H groups in total. The molecule has 0 saturated carbocycles. The molecule has 0 atom stereocenters. The Labute approximate surface area is 287 Å². The van der Waals surface area contributed by atoms with E-state index in [2.05, 4.69) is 0 Å². The van der Waals surface area contributed by atoms with Crippen molar-refractivity contribution in [3.05, 3.63) is 47.2 Å². The van der Waals surface area contributed by atoms with E-state index >= 15 is 0 Å². The van der Waals surface area contributed by atoms with E-state index in [1.807, 2.05) is 0 Å². The summed E-state index contributed by atoms with van der Waals surface area (Å²) in [6.45, 7) is 0. The molecule has 1 aliphatic rings. The number of ether oxygens (including phenoxy) is 1. The van der Waals surface area contributed by atoms with Crippen LogP contribution in [0.15, 0.2) is 36.1 Å². The first-order chi connectivity index (χ1) is 9.95. The van der Waals surface area contributed by atoms with E-state index < -0.39 is 5.78 Å². The predicted molar refractivity (Wildman–Crippen MR) is 72.5 cm³/mol. The maximum absolute atomic E-state index is 12.1. The van der Waals surface area contributed by atoms with Gasteiger partial charge in [-0.25, -0.2) is 0 Å². The third-order valence-electron chi connectivity index (χ3n) is 3.03. The molecule has 10 heteroatoms. The van der Waals surface area contributed by atoms with Gasteiger partial charge < -0.3 is 25.2 Å². The average Bonchev–Trinajstić information content (AvgIpc) is 2.70. The Bertz CT molecular complexity index is 807. The number of hydrogen-bond acceptors (Lipinski definition) is 6. The second-order valence-electron chi connectivity index (χ2n) is 4.53. The minimum atomic E-state index is -0.532. The molecule has 0 fully saturated rings. The van der Waals surface area contributed by atoms with Gasteiger partial charge >= 0.3 is 0 Å². The van der Waals surface area contributed by atoms with Crippen molar-refractivity contribution in [2.75, 3.05) is 0 Å². The third-order valence-corrected chi connectivity index (χ3v) is 3.03. The van der Waals surface area contributed by atoms with Crippen LogP contribution in [-0.4, -0.2) is 26.2 Å². The number of rotatable bonds is 1. The van der Waals surface area contributed by atoms with E-state index in [9.17, 15) is 25.2 Å². The Morgan fingerprint density at radius 2 is 1.44 bits per heavy atom. The SMILES string of the molecule is O=C1/C(=C/c2ccc(O)c(O)c2)Oc2cc(O)cc(O)c21.[Ac].[Ac].[Ac].[Ac]. The molecule has 2 aromatic carbocycles. The van der Waals surface area contributed by atoms with Gasteiger partial charge in [0.2, 0.25) is 5.78 Å². The molecule has 1 heterocycles. The number of ketones is 1. The number of benzene rings is 2. The standard InChI is InChI=1S/C15H10O6.4Ac/c16-8-5-11(19)14-12(6-8)21-13(15(14)20)4-7-1-2-9(17)10(18)3-7;;;;/h1-6,16-19H;;;;/b13-4-;;;;. The Morgan fingerprint density at radius 1 is 0.800 bits per heavy atom. The topological polar surface area (TPSA) is 107 Å². The number of phenolic OH excluding ortho intramolecular Hbond substituents is 4. The molecule has 1 aliphatic heterocycles. The Balaban J connectivity index is 0. The molecule has 0 aliphatic carbocycles. The van der Waals surface area contributed by atoms with Crippen molar-refractivity contribution in [2.45, 2.75) is 0 Å². The van der Waals surface area contributed by atoms with E-state index in [1.54, 1.807) is 0 Å². The fourth-order valence-corrected chi connectivity index (χ4v) is 2.06. The molecule has 118 valence electrons. The minimum Gasteiger partial charge on any atom is -0.508 e. The molecular formula is C15H10Ac4O6. The predicted octanol–water partition coefficient (Wildman–Crippen LogP) is 2.13. The molecule has 2 aromatic rings. The fourth-order valence-electron chi connectivity index (χ4n) is 2.06. The van der Waals surface area contributed by atoms with Crippen molar-refractivity contribution in [3.8, 4) is 28.7 Å². The second kappa shape index (κ2) is 13.0. The molecule has 0 amide bonds. The second-order valence-corrected chi connectivity index (χ2v) is 4.53. The van der Waals surface area contributed by atoms with Crippen molar-refractivity contribution in [1.82, 2.24) is 0 Å². The average molecular weight is 1190 g/mol. The summed E-state index contributed by atoms with van der Waals surface area (Å²) in [6, 6.07) is 6.30. The fraction of sp³-hybridized carbons (Fsp3) is 0. The summed E-state index contributed by atoms with van der Waals surface area (Å²) in [6.07, 6.45) is 1.36. The van der Waals surface area contributed by atoms with Crippen molar-refractivity contribution >= 4 is 11.9 Å². The molecule has 0 spiro atoms. The van der Waals surface area contributed by atoms with Gasteiger partial charge in [-0.2, -0.15) is 0 Å². The summed E-state index contributed by atoms with van der Waals surface area (Å²) in [5.41, 5.74) is 0.409. The van der Waals surface area contributed by atoms with Crippen molar-refractivity contribution < 1.29 is 206 Å². The summed E-state index contributed by atoms with van der Waals surface area (Å²) < 4.78 is 5.30. The monoisotopic (exact) mass is 1190 g/mol. The van der Waals surface area contributed by atoms with Crippen LogP contribution in [0.2, 0.25) is 0 Å². The van der Waals surface area contributed by atoms with Crippen molar-refractivity contribution in [3.63, 3.8) is 0 Å². The van der Waals surface area contributed by atoms with Gasteiger partial charge in [0.05, 0.1) is 0 Å². The van der Waals surface area contributed by atoms with Crippen molar-refractivity contribution in [1.29, 1.82) is 0 Å². The van der Waals surface area contributed by atoms with Crippen LogP contribution in [0, 0.1) is 176 Å². The molecule has 0 unspecified atom stereocenters. The van der Waals surface area contributed by atoms with Crippen LogP contribution in [0.5, 0.6) is 28.7 Å². The van der Waals surface area contributed by atoms with Crippen LogP contribution in [0.1, 0.15) is 15.9 Å². The van der Waals surface area contributed by atoms with Gasteiger partial charge in [0, 0.05) is 188 Å². The maximum Gasteiger partial charge on any atom is 0.235 e. The number of aromatic hydroxyl groups is 4. The van der Waals surface area contributed by atoms with Crippen molar-refractivity contribution in [2.24, 2.45) is 0 Å². The zero-order valence-corrected chi connectivity index (χ0v) is 31.9. The summed E-state index contributed by atoms with van der Waals surface area (Å²) in [7, 11) is 0. The molecule has 0 saturated heterocycles. The Morgan fingerprint density at radius 3 is 2.04 bits per heavy atom. The number of carbonyl (C=O) groups excluding carboxylic acids is 1. The summed E-state index contributed by atoms with van der Waals surface area (Å²) >= 11 is 0. The van der Waals surface area contributed by atoms with Crippen LogP contribution >= 0.6 is 0 Å². The van der Waals surface area contributed by atoms with Gasteiger partial charge in [-0.15, -0.1) is 0 Å². The first kappa shape index (κ1) is 29.8. The van der Waals surface area contributed by atoms with Gasteiger partial charge in [0.25, 0.3) is 0 Å². The molecular weight excluding hydrogens is 1180 g/mol. The normalized spacial score (nSPS) is 12.6. The molecule has 0 bridgehead atoms. The Hall–Kier alpha value is 2.62. The zero-order valence-electron chi connectivity index (χ0n) is 12.9. The molecule has 3 rings (SSSR count). The van der Waals surface area contributed by atoms with Gasteiger partial charge in [-0.1, -0.05) is 6.07 Å². The smallest absolute Gasteiger partial charge is 0.235 e. The van der Waals surface area contributed by atoms with E-state index in [1.165, 1.54) is 30.3 Å². The zero-order chi connectivity index (χ0) is 15.1. The molecule has 25 heavy (non-hydrogen) atoms. The number of carbonyl (C=O) groups is 1. The largest absolute Gasteiger partial charge is 0.508 e. The number of Topliss-reactive ketones (excluding diaryl/α,β-unsaturated/α-hetero) is 1. The van der Waals surface area contributed by atoms with Gasteiger partial charge in [-0.05, 0) is 23.8 Å². The maximum atomic E-state index is 12.1. The minimum absolute atomic E-state index is 0. The number of fused-ring (bicyclic) bond motifs is 1. The van der Waals surface area contributed by atoms with Gasteiger partial charge in [0.15, 0.2) is 17.3 Å². The van der Waals surface area contributed by atoms with Gasteiger partial charge in [-0.3, -0.25) is 4.79 Å². The number of phenols is 4. The number of hydrogen-bond donors (Lipinski definition) is 4. The van der Waals surface area contributed by atoms with E-state index in [0.29, 0.717) is 5.56 Å². The summed E-state index contributed by atoms with van der Waals surface area (Å²) in [5.74, 6) is -1.72. The van der Waals surface area contributed by atoms with Crippen LogP contribution in [0.3, 0.4) is 0 Å². The quantitative estimate of drug-likeness (QED) is 0.258. The van der Waals surface area contributed by atoms with E-state index in [4.69, 9.17) is 4.74 Å². The van der Waals surface area contributed by atoms with Crippen LogP contribution in [0.4, 0.5) is 0 Å². The molecule has 4 radical (unpaired) electrons. The first-order valence-corrected chi connectivity index (χ1v) is 5.98. The number of allylic oxidation sites excluding steroid dienone is 1. The van der Waals surface area contributed by atoms with Crippen LogP contribution < -0.4 is 4.74 Å². The van der Waals surface area contributed by atoms with E-state index in [-0.39, 0.29) is 216 Å². The Kier molecular flexibility index (Phi) is 15.5. The molecule has 0 aromatic heterocycles. The van der Waals surface area contributed by atoms with Crippen LogP contribution in [-0.2, 0) is 0 Å². The van der Waals surface area contributed by atoms with Gasteiger partial charge in [0.1, 0.15) is 22.8 Å². The van der Waals surface area contributed by atoms with E-state index in [0.717, 1.165) is 6.07 Å². The molecule has 6 nitrogen and oxygen atoms in total. The summed E-state index contributed by atoms with van der Waals surface area (Å²) in [5, 5.41) is 37.7.